The third kappa shape index (κ3) is 8.06. The smallest absolute Gasteiger partial charge is 0.197 e. The average Bonchev–Trinajstić information content (AvgIpc) is 3.03. The molecule has 0 aromatic heterocycles. The zero-order valence-corrected chi connectivity index (χ0v) is 31.8. The van der Waals surface area contributed by atoms with Gasteiger partial charge in [0.15, 0.2) is 12.6 Å². The molecule has 8 aliphatic carbocycles. The van der Waals surface area contributed by atoms with E-state index in [-0.39, 0.29) is 29.2 Å². The van der Waals surface area contributed by atoms with Gasteiger partial charge in [0.25, 0.3) is 0 Å². The Balaban J connectivity index is 0.000000154. The van der Waals surface area contributed by atoms with Crippen molar-refractivity contribution >= 4 is 0 Å². The molecule has 4 nitrogen and oxygen atoms in total. The highest BCUT2D eigenvalue weighted by molar-refractivity contribution is 5.32. The Labute approximate surface area is 298 Å². The van der Waals surface area contributed by atoms with Crippen molar-refractivity contribution in [2.45, 2.75) is 173 Å². The lowest BCUT2D eigenvalue weighted by Crippen LogP contribution is -2.53. The van der Waals surface area contributed by atoms with Gasteiger partial charge in [-0.3, -0.25) is 0 Å². The molecule has 0 amide bonds. The van der Waals surface area contributed by atoms with Gasteiger partial charge in [0.05, 0.1) is 11.2 Å². The highest BCUT2D eigenvalue weighted by atomic mass is 16.7. The first-order chi connectivity index (χ1) is 23.4. The third-order valence-electron chi connectivity index (χ3n) is 14.0. The summed E-state index contributed by atoms with van der Waals surface area (Å²) in [4.78, 5) is 0. The van der Waals surface area contributed by atoms with E-state index in [2.05, 4.69) is 97.0 Å². The number of ether oxygens (including phenoxy) is 4. The minimum Gasteiger partial charge on any atom is -0.465 e. The van der Waals surface area contributed by atoms with Gasteiger partial charge in [0.1, 0.15) is 11.5 Å². The van der Waals surface area contributed by atoms with Gasteiger partial charge in [-0.05, 0) is 186 Å². The van der Waals surface area contributed by atoms with Gasteiger partial charge in [0.2, 0.25) is 0 Å². The van der Waals surface area contributed by atoms with Gasteiger partial charge in [0, 0.05) is 0 Å². The fraction of sp³-hybridized carbons (Fsp3) is 0.733. The predicted octanol–water partition coefficient (Wildman–Crippen LogP) is 12.0. The second-order valence-electron chi connectivity index (χ2n) is 18.4. The molecule has 3 atom stereocenters. The van der Waals surface area contributed by atoms with Crippen LogP contribution in [0, 0.1) is 35.5 Å². The van der Waals surface area contributed by atoms with Crippen LogP contribution in [0.3, 0.4) is 0 Å². The van der Waals surface area contributed by atoms with Gasteiger partial charge in [-0.15, -0.1) is 0 Å². The summed E-state index contributed by atoms with van der Waals surface area (Å²) in [5.74, 6) is 7.94. The molecule has 3 unspecified atom stereocenters. The van der Waals surface area contributed by atoms with Crippen molar-refractivity contribution in [3.63, 3.8) is 0 Å². The van der Waals surface area contributed by atoms with Gasteiger partial charge in [-0.25, -0.2) is 0 Å². The number of hydrogen-bond donors (Lipinski definition) is 0. The molecule has 270 valence electrons. The van der Waals surface area contributed by atoms with E-state index in [0.717, 1.165) is 53.4 Å². The fourth-order valence-electron chi connectivity index (χ4n) is 11.8. The van der Waals surface area contributed by atoms with E-state index in [1.54, 1.807) is 0 Å². The molecule has 8 fully saturated rings. The van der Waals surface area contributed by atoms with Gasteiger partial charge >= 0.3 is 0 Å². The summed E-state index contributed by atoms with van der Waals surface area (Å²) in [6.07, 6.45) is 18.3. The van der Waals surface area contributed by atoms with E-state index in [9.17, 15) is 0 Å². The molecule has 4 heteroatoms. The maximum atomic E-state index is 6.55. The molecule has 10 rings (SSSR count). The predicted molar refractivity (Wildman–Crippen MR) is 199 cm³/mol. The molecule has 2 aromatic rings. The van der Waals surface area contributed by atoms with E-state index in [4.69, 9.17) is 18.9 Å². The molecule has 0 aliphatic heterocycles. The second-order valence-corrected chi connectivity index (χ2v) is 18.4. The normalized spacial score (nSPS) is 35.7. The molecule has 0 N–H and O–H groups in total. The maximum absolute atomic E-state index is 6.55. The Hall–Kier alpha value is -2.04. The minimum absolute atomic E-state index is 0.109. The molecular weight excluding hydrogens is 604 g/mol. The Morgan fingerprint density at radius 3 is 1.24 bits per heavy atom. The van der Waals surface area contributed by atoms with Crippen LogP contribution in [0.15, 0.2) is 48.5 Å². The Morgan fingerprint density at radius 2 is 0.918 bits per heavy atom. The standard InChI is InChI=1S/C23H34O2.C22H32O2/c1-5-22(3,4)20-6-8-21(9-7-20)24-16(2)25-23-13-17-10-18(14-23)12-19(11-17)15-23;1-4-15(2)20-5-7-21(8-6-20)23-16(3)24-22-12-17-9-18(13-22)11-19(10-17)14-22/h6-9,16-19H,5,10-15H2,1-4H3;5-8,15-19H,4,9-14H2,1-3H3. The monoisotopic (exact) mass is 670 g/mol. The van der Waals surface area contributed by atoms with Crippen LogP contribution in [0.2, 0.25) is 0 Å². The first kappa shape index (κ1) is 35.4. The minimum atomic E-state index is -0.165. The fourth-order valence-corrected chi connectivity index (χ4v) is 11.8. The summed E-state index contributed by atoms with van der Waals surface area (Å²) in [6, 6.07) is 17.2. The van der Waals surface area contributed by atoms with Crippen LogP contribution in [0.4, 0.5) is 0 Å². The summed E-state index contributed by atoms with van der Waals surface area (Å²) in [6.45, 7) is 15.5. The largest absolute Gasteiger partial charge is 0.465 e. The molecule has 0 saturated heterocycles. The number of hydrogen-bond acceptors (Lipinski definition) is 4. The molecule has 49 heavy (non-hydrogen) atoms. The summed E-state index contributed by atoms with van der Waals surface area (Å²) in [7, 11) is 0. The molecule has 2 aromatic carbocycles. The van der Waals surface area contributed by atoms with Crippen LogP contribution in [0.1, 0.15) is 155 Å². The molecule has 0 spiro atoms. The molecule has 8 aliphatic rings. The molecule has 8 bridgehead atoms. The highest BCUT2D eigenvalue weighted by Crippen LogP contribution is 2.58. The van der Waals surface area contributed by atoms with E-state index in [1.165, 1.54) is 94.6 Å². The SMILES string of the molecule is CCC(C)(C)c1ccc(OC(C)OC23CC4CC(CC(C4)C2)C3)cc1.CCC(C)c1ccc(OC(C)OC23CC4CC(CC(C4)C2)C3)cc1. The van der Waals surface area contributed by atoms with Crippen molar-refractivity contribution in [2.24, 2.45) is 35.5 Å². The summed E-state index contributed by atoms with van der Waals surface area (Å²) in [5, 5.41) is 0. The van der Waals surface area contributed by atoms with E-state index in [1.807, 2.05) is 0 Å². The van der Waals surface area contributed by atoms with Gasteiger partial charge < -0.3 is 18.9 Å². The van der Waals surface area contributed by atoms with E-state index >= 15 is 0 Å². The third-order valence-corrected chi connectivity index (χ3v) is 14.0. The molecule has 8 saturated carbocycles. The highest BCUT2D eigenvalue weighted by Gasteiger charge is 2.53. The van der Waals surface area contributed by atoms with Gasteiger partial charge in [-0.2, -0.15) is 0 Å². The Kier molecular flexibility index (Phi) is 10.2. The Bertz CT molecular complexity index is 1310. The van der Waals surface area contributed by atoms with Crippen LogP contribution in [0.5, 0.6) is 11.5 Å². The quantitative estimate of drug-likeness (QED) is 0.211. The maximum Gasteiger partial charge on any atom is 0.197 e. The Morgan fingerprint density at radius 1 is 0.571 bits per heavy atom. The topological polar surface area (TPSA) is 36.9 Å². The van der Waals surface area contributed by atoms with Crippen molar-refractivity contribution in [3.05, 3.63) is 59.7 Å². The van der Waals surface area contributed by atoms with Crippen LogP contribution in [-0.2, 0) is 14.9 Å². The van der Waals surface area contributed by atoms with Gasteiger partial charge in [-0.1, -0.05) is 58.9 Å². The van der Waals surface area contributed by atoms with E-state index < -0.39 is 0 Å². The molecular formula is C45H66O4. The lowest BCUT2D eigenvalue weighted by atomic mass is 9.54. The first-order valence-corrected chi connectivity index (χ1v) is 20.3. The van der Waals surface area contributed by atoms with Crippen molar-refractivity contribution in [2.75, 3.05) is 0 Å². The van der Waals surface area contributed by atoms with E-state index in [0.29, 0.717) is 5.92 Å². The molecule has 0 radical (unpaired) electrons. The zero-order valence-electron chi connectivity index (χ0n) is 31.8. The van der Waals surface area contributed by atoms with Crippen molar-refractivity contribution < 1.29 is 18.9 Å². The van der Waals surface area contributed by atoms with Crippen molar-refractivity contribution in [1.82, 2.24) is 0 Å². The lowest BCUT2D eigenvalue weighted by molar-refractivity contribution is -0.226. The summed E-state index contributed by atoms with van der Waals surface area (Å²) < 4.78 is 25.3. The van der Waals surface area contributed by atoms with Crippen LogP contribution >= 0.6 is 0 Å². The first-order valence-electron chi connectivity index (χ1n) is 20.3. The van der Waals surface area contributed by atoms with Crippen LogP contribution in [-0.4, -0.2) is 23.8 Å². The average molecular weight is 671 g/mol. The number of rotatable bonds is 12. The zero-order chi connectivity index (χ0) is 34.4. The molecule has 0 heterocycles. The lowest BCUT2D eigenvalue weighted by Gasteiger charge is -2.56. The van der Waals surface area contributed by atoms with Crippen LogP contribution < -0.4 is 9.47 Å². The summed E-state index contributed by atoms with van der Waals surface area (Å²) >= 11 is 0. The summed E-state index contributed by atoms with van der Waals surface area (Å²) in [5.41, 5.74) is 3.21. The second kappa shape index (κ2) is 14.2. The van der Waals surface area contributed by atoms with Crippen molar-refractivity contribution in [3.8, 4) is 11.5 Å². The van der Waals surface area contributed by atoms with Crippen LogP contribution in [0.25, 0.3) is 0 Å². The number of benzene rings is 2. The van der Waals surface area contributed by atoms with Crippen molar-refractivity contribution in [1.29, 1.82) is 0 Å².